The molecule has 2 rings (SSSR count). The number of ether oxygens (including phenoxy) is 1. The van der Waals surface area contributed by atoms with Crippen LogP contribution in [0.25, 0.3) is 0 Å². The van der Waals surface area contributed by atoms with Crippen molar-refractivity contribution in [3.05, 3.63) is 34.3 Å². The zero-order valence-electron chi connectivity index (χ0n) is 13.7. The summed E-state index contributed by atoms with van der Waals surface area (Å²) in [5.41, 5.74) is 1.24. The number of carbonyl (C=O) groups excluding carboxylic acids is 1. The molecule has 0 saturated carbocycles. The summed E-state index contributed by atoms with van der Waals surface area (Å²) in [6, 6.07) is 8.40. The van der Waals surface area contributed by atoms with Crippen molar-refractivity contribution in [2.75, 3.05) is 33.4 Å². The van der Waals surface area contributed by atoms with Crippen LogP contribution < -0.4 is 10.6 Å². The highest BCUT2D eigenvalue weighted by molar-refractivity contribution is 9.10. The van der Waals surface area contributed by atoms with Gasteiger partial charge >= 0.3 is 0 Å². The maximum atomic E-state index is 12.2. The van der Waals surface area contributed by atoms with Crippen molar-refractivity contribution in [3.8, 4) is 0 Å². The van der Waals surface area contributed by atoms with Crippen LogP contribution in [0.3, 0.4) is 0 Å². The van der Waals surface area contributed by atoms with Gasteiger partial charge < -0.3 is 15.4 Å². The van der Waals surface area contributed by atoms with E-state index in [1.807, 2.05) is 20.0 Å². The number of halogens is 2. The number of rotatable bonds is 6. The Bertz CT molecular complexity index is 507. The quantitative estimate of drug-likeness (QED) is 0.765. The first-order valence-corrected chi connectivity index (χ1v) is 8.63. The molecule has 0 aliphatic carbocycles. The van der Waals surface area contributed by atoms with Gasteiger partial charge in [0.15, 0.2) is 0 Å². The summed E-state index contributed by atoms with van der Waals surface area (Å²) in [5.74, 6) is 0.0830. The summed E-state index contributed by atoms with van der Waals surface area (Å²) in [5, 5.41) is 6.19. The molecule has 1 aromatic rings. The standard InChI is InChI=1S/C17H25BrN2O2.ClH/c1-13(11-19-2)16(21)20-12-17(6-8-22-9-7-17)14-4-3-5-15(18)10-14;/h3-5,10,13,19H,6-9,11-12H2,1-2H3,(H,20,21);1H. The average Bonchev–Trinajstić information content (AvgIpc) is 2.53. The molecule has 0 aromatic heterocycles. The zero-order valence-corrected chi connectivity index (χ0v) is 16.1. The second-order valence-corrected chi connectivity index (χ2v) is 7.00. The molecule has 0 radical (unpaired) electrons. The van der Waals surface area contributed by atoms with E-state index >= 15 is 0 Å². The van der Waals surface area contributed by atoms with Crippen molar-refractivity contribution in [1.82, 2.24) is 10.6 Å². The first kappa shape index (κ1) is 20.4. The SMILES string of the molecule is CNCC(C)C(=O)NCC1(c2cccc(Br)c2)CCOCC1.Cl. The van der Waals surface area contributed by atoms with Crippen molar-refractivity contribution < 1.29 is 9.53 Å². The summed E-state index contributed by atoms with van der Waals surface area (Å²) < 4.78 is 6.61. The zero-order chi connectivity index (χ0) is 16.0. The van der Waals surface area contributed by atoms with Crippen molar-refractivity contribution in [3.63, 3.8) is 0 Å². The molecule has 1 aliphatic heterocycles. The monoisotopic (exact) mass is 404 g/mol. The molecule has 1 fully saturated rings. The second-order valence-electron chi connectivity index (χ2n) is 6.08. The largest absolute Gasteiger partial charge is 0.381 e. The van der Waals surface area contributed by atoms with Crippen molar-refractivity contribution in [2.24, 2.45) is 5.92 Å². The average molecular weight is 406 g/mol. The van der Waals surface area contributed by atoms with Crippen molar-refractivity contribution in [1.29, 1.82) is 0 Å². The van der Waals surface area contributed by atoms with Crippen LogP contribution in [0.5, 0.6) is 0 Å². The summed E-state index contributed by atoms with van der Waals surface area (Å²) >= 11 is 3.55. The molecule has 6 heteroatoms. The molecule has 0 spiro atoms. The molecule has 1 unspecified atom stereocenters. The molecule has 1 aliphatic rings. The van der Waals surface area contributed by atoms with Crippen LogP contribution >= 0.6 is 28.3 Å². The summed E-state index contributed by atoms with van der Waals surface area (Å²) in [4.78, 5) is 12.2. The van der Waals surface area contributed by atoms with Crippen LogP contribution in [-0.4, -0.2) is 39.3 Å². The van der Waals surface area contributed by atoms with Gasteiger partial charge in [-0.05, 0) is 37.6 Å². The first-order chi connectivity index (χ1) is 10.6. The Morgan fingerprint density at radius 1 is 1.39 bits per heavy atom. The Balaban J connectivity index is 0.00000264. The molecular formula is C17H26BrClN2O2. The Labute approximate surface area is 153 Å². The molecule has 1 heterocycles. The number of hydrogen-bond donors (Lipinski definition) is 2. The normalized spacial score (nSPS) is 17.9. The fourth-order valence-electron chi connectivity index (χ4n) is 2.98. The van der Waals surface area contributed by atoms with Crippen molar-refractivity contribution >= 4 is 34.2 Å². The summed E-state index contributed by atoms with van der Waals surface area (Å²) in [6.07, 6.45) is 1.87. The number of hydrogen-bond acceptors (Lipinski definition) is 3. The van der Waals surface area contributed by atoms with Gasteiger partial charge in [0.2, 0.25) is 5.91 Å². The van der Waals surface area contributed by atoms with E-state index in [0.717, 1.165) is 30.5 Å². The van der Waals surface area contributed by atoms with Crippen LogP contribution in [0.1, 0.15) is 25.3 Å². The summed E-state index contributed by atoms with van der Waals surface area (Å²) in [6.45, 7) is 4.79. The van der Waals surface area contributed by atoms with Gasteiger partial charge in [-0.15, -0.1) is 12.4 Å². The van der Waals surface area contributed by atoms with Gasteiger partial charge in [-0.1, -0.05) is 35.0 Å². The Morgan fingerprint density at radius 3 is 2.70 bits per heavy atom. The van der Waals surface area contributed by atoms with E-state index < -0.39 is 0 Å². The maximum absolute atomic E-state index is 12.2. The third kappa shape index (κ3) is 5.45. The number of carbonyl (C=O) groups is 1. The van der Waals surface area contributed by atoms with E-state index in [-0.39, 0.29) is 29.6 Å². The van der Waals surface area contributed by atoms with Gasteiger partial charge in [0.25, 0.3) is 0 Å². The number of amides is 1. The Kier molecular flexibility index (Phi) is 8.54. The van der Waals surface area contributed by atoms with Gasteiger partial charge in [0.05, 0.1) is 0 Å². The van der Waals surface area contributed by atoms with E-state index in [2.05, 4.69) is 44.8 Å². The van der Waals surface area contributed by atoms with Gasteiger partial charge in [0, 0.05) is 42.1 Å². The number of nitrogens with one attached hydrogen (secondary N) is 2. The predicted octanol–water partition coefficient (Wildman–Crippen LogP) is 2.89. The topological polar surface area (TPSA) is 50.4 Å². The van der Waals surface area contributed by atoms with E-state index in [0.29, 0.717) is 13.1 Å². The minimum absolute atomic E-state index is 0. The lowest BCUT2D eigenvalue weighted by Gasteiger charge is -2.38. The number of benzene rings is 1. The van der Waals surface area contributed by atoms with Gasteiger partial charge in [0.1, 0.15) is 0 Å². The van der Waals surface area contributed by atoms with Crippen LogP contribution in [0.15, 0.2) is 28.7 Å². The molecule has 2 N–H and O–H groups in total. The van der Waals surface area contributed by atoms with E-state index in [1.165, 1.54) is 5.56 Å². The third-order valence-electron chi connectivity index (χ3n) is 4.45. The fraction of sp³-hybridized carbons (Fsp3) is 0.588. The highest BCUT2D eigenvalue weighted by Crippen LogP contribution is 2.35. The third-order valence-corrected chi connectivity index (χ3v) is 4.94. The van der Waals surface area contributed by atoms with E-state index in [4.69, 9.17) is 4.74 Å². The molecule has 1 atom stereocenters. The molecule has 4 nitrogen and oxygen atoms in total. The van der Waals surface area contributed by atoms with Gasteiger partial charge in [-0.3, -0.25) is 4.79 Å². The molecular weight excluding hydrogens is 380 g/mol. The maximum Gasteiger partial charge on any atom is 0.224 e. The van der Waals surface area contributed by atoms with Crippen LogP contribution in [0, 0.1) is 5.92 Å². The molecule has 1 amide bonds. The molecule has 1 saturated heterocycles. The molecule has 1 aromatic carbocycles. The highest BCUT2D eigenvalue weighted by atomic mass is 79.9. The van der Waals surface area contributed by atoms with Crippen LogP contribution in [0.2, 0.25) is 0 Å². The highest BCUT2D eigenvalue weighted by Gasteiger charge is 2.35. The van der Waals surface area contributed by atoms with Gasteiger partial charge in [-0.2, -0.15) is 0 Å². The predicted molar refractivity (Wildman–Crippen MR) is 99.2 cm³/mol. The smallest absolute Gasteiger partial charge is 0.224 e. The minimum atomic E-state index is -0.0307. The van der Waals surface area contributed by atoms with E-state index in [9.17, 15) is 4.79 Å². The lowest BCUT2D eigenvalue weighted by atomic mass is 9.74. The van der Waals surface area contributed by atoms with Gasteiger partial charge in [-0.25, -0.2) is 0 Å². The van der Waals surface area contributed by atoms with Crippen LogP contribution in [-0.2, 0) is 14.9 Å². The van der Waals surface area contributed by atoms with E-state index in [1.54, 1.807) is 0 Å². The molecule has 130 valence electrons. The fourth-order valence-corrected chi connectivity index (χ4v) is 3.38. The molecule has 23 heavy (non-hydrogen) atoms. The van der Waals surface area contributed by atoms with Crippen molar-refractivity contribution in [2.45, 2.75) is 25.2 Å². The lowest BCUT2D eigenvalue weighted by Crippen LogP contribution is -2.46. The first-order valence-electron chi connectivity index (χ1n) is 7.83. The minimum Gasteiger partial charge on any atom is -0.381 e. The van der Waals surface area contributed by atoms with Crippen LogP contribution in [0.4, 0.5) is 0 Å². The summed E-state index contributed by atoms with van der Waals surface area (Å²) in [7, 11) is 1.87. The lowest BCUT2D eigenvalue weighted by molar-refractivity contribution is -0.124. The molecule has 0 bridgehead atoms. The Hall–Kier alpha value is -0.620. The second kappa shape index (κ2) is 9.62. The Morgan fingerprint density at radius 2 is 2.09 bits per heavy atom.